The maximum absolute atomic E-state index is 12.3. The number of benzene rings is 2. The van der Waals surface area contributed by atoms with Gasteiger partial charge in [0.15, 0.2) is 0 Å². The molecule has 0 spiro atoms. The number of hydrogen-bond donors (Lipinski definition) is 2. The summed E-state index contributed by atoms with van der Waals surface area (Å²) in [5.41, 5.74) is 1.29. The number of amides is 2. The summed E-state index contributed by atoms with van der Waals surface area (Å²) in [5.74, 6) is -0.760. The molecule has 0 aliphatic heterocycles. The molecule has 0 saturated carbocycles. The largest absolute Gasteiger partial charge is 0.355 e. The minimum atomic E-state index is -0.480. The van der Waals surface area contributed by atoms with Crippen LogP contribution in [0.3, 0.4) is 0 Å². The average molecular weight is 379 g/mol. The number of nitrogens with one attached hydrogen (secondary N) is 2. The van der Waals surface area contributed by atoms with Crippen molar-refractivity contribution in [3.05, 3.63) is 70.5 Å². The summed E-state index contributed by atoms with van der Waals surface area (Å²) in [7, 11) is 0. The highest BCUT2D eigenvalue weighted by Gasteiger charge is 2.10. The van der Waals surface area contributed by atoms with Crippen molar-refractivity contribution in [1.82, 2.24) is 25.6 Å². The lowest BCUT2D eigenvalue weighted by Gasteiger charge is -2.08. The summed E-state index contributed by atoms with van der Waals surface area (Å²) in [6, 6.07) is 16.8. The van der Waals surface area contributed by atoms with Gasteiger partial charge in [0.2, 0.25) is 11.8 Å². The molecule has 1 aromatic heterocycles. The molecule has 0 aliphatic rings. The highest BCUT2D eigenvalue weighted by Crippen LogP contribution is 2.03. The number of rotatable bonds is 8. The van der Waals surface area contributed by atoms with E-state index in [0.29, 0.717) is 17.4 Å². The van der Waals surface area contributed by atoms with Crippen molar-refractivity contribution in [3.8, 4) is 0 Å². The monoisotopic (exact) mass is 379 g/mol. The van der Waals surface area contributed by atoms with E-state index in [0.717, 1.165) is 17.5 Å². The zero-order chi connectivity index (χ0) is 19.8. The number of fused-ring (bicyclic) bond motifs is 1. The number of carbonyl (C=O) groups is 2. The molecule has 2 aromatic carbocycles. The average Bonchev–Trinajstić information content (AvgIpc) is 2.73. The highest BCUT2D eigenvalue weighted by molar-refractivity contribution is 5.84. The Morgan fingerprint density at radius 2 is 1.68 bits per heavy atom. The minimum absolute atomic E-state index is 0.153. The van der Waals surface area contributed by atoms with Gasteiger partial charge in [0.05, 0.1) is 11.9 Å². The van der Waals surface area contributed by atoms with Crippen molar-refractivity contribution in [2.75, 3.05) is 13.1 Å². The molecule has 2 N–H and O–H groups in total. The van der Waals surface area contributed by atoms with Crippen LogP contribution in [0.15, 0.2) is 59.4 Å². The van der Waals surface area contributed by atoms with Gasteiger partial charge in [0.1, 0.15) is 12.1 Å². The fourth-order valence-electron chi connectivity index (χ4n) is 2.73. The summed E-state index contributed by atoms with van der Waals surface area (Å²) in [6.07, 6.45) is 1.68. The topological polar surface area (TPSA) is 106 Å². The van der Waals surface area contributed by atoms with E-state index in [-0.39, 0.29) is 19.0 Å². The van der Waals surface area contributed by atoms with Crippen LogP contribution >= 0.6 is 0 Å². The number of hydrogen-bond acceptors (Lipinski definition) is 5. The Labute approximate surface area is 161 Å². The SMILES string of the molecule is O=C(CNC(=O)Cn1nnc2ccccc2c1=O)NCCCc1ccccc1. The summed E-state index contributed by atoms with van der Waals surface area (Å²) < 4.78 is 0.982. The van der Waals surface area contributed by atoms with Gasteiger partial charge in [-0.05, 0) is 30.5 Å². The molecule has 28 heavy (non-hydrogen) atoms. The molecule has 0 aliphatic carbocycles. The van der Waals surface area contributed by atoms with Gasteiger partial charge in [-0.15, -0.1) is 5.10 Å². The molecule has 2 amide bonds. The van der Waals surface area contributed by atoms with Gasteiger partial charge >= 0.3 is 0 Å². The van der Waals surface area contributed by atoms with Gasteiger partial charge in [-0.2, -0.15) is 0 Å². The Morgan fingerprint density at radius 3 is 2.50 bits per heavy atom. The van der Waals surface area contributed by atoms with Gasteiger partial charge in [-0.1, -0.05) is 47.7 Å². The van der Waals surface area contributed by atoms with E-state index in [1.54, 1.807) is 24.3 Å². The van der Waals surface area contributed by atoms with Crippen LogP contribution in [-0.2, 0) is 22.6 Å². The van der Waals surface area contributed by atoms with Crippen LogP contribution in [0.4, 0.5) is 0 Å². The first-order chi connectivity index (χ1) is 13.6. The predicted molar refractivity (Wildman–Crippen MR) is 105 cm³/mol. The van der Waals surface area contributed by atoms with Crippen LogP contribution in [0, 0.1) is 0 Å². The Bertz CT molecular complexity index is 1020. The quantitative estimate of drug-likeness (QED) is 0.559. The van der Waals surface area contributed by atoms with Crippen LogP contribution < -0.4 is 16.2 Å². The summed E-state index contributed by atoms with van der Waals surface area (Å²) in [5, 5.41) is 13.3. The first kappa shape index (κ1) is 19.2. The fraction of sp³-hybridized carbons (Fsp3) is 0.250. The summed E-state index contributed by atoms with van der Waals surface area (Å²) in [6.45, 7) is 0.0804. The van der Waals surface area contributed by atoms with Crippen molar-refractivity contribution >= 4 is 22.7 Å². The van der Waals surface area contributed by atoms with E-state index in [1.807, 2.05) is 30.3 Å². The minimum Gasteiger partial charge on any atom is -0.355 e. The molecule has 1 heterocycles. The lowest BCUT2D eigenvalue weighted by molar-refractivity contribution is -0.126. The number of aromatic nitrogens is 3. The number of carbonyl (C=O) groups excluding carboxylic acids is 2. The lowest BCUT2D eigenvalue weighted by Crippen LogP contribution is -2.40. The normalized spacial score (nSPS) is 10.6. The molecular formula is C20H21N5O3. The Balaban J connectivity index is 1.41. The van der Waals surface area contributed by atoms with E-state index >= 15 is 0 Å². The van der Waals surface area contributed by atoms with Crippen molar-refractivity contribution in [1.29, 1.82) is 0 Å². The van der Waals surface area contributed by atoms with Gasteiger partial charge in [-0.25, -0.2) is 4.68 Å². The maximum atomic E-state index is 12.3. The molecular weight excluding hydrogens is 358 g/mol. The van der Waals surface area contributed by atoms with Crippen LogP contribution in [-0.4, -0.2) is 39.9 Å². The van der Waals surface area contributed by atoms with Crippen LogP contribution in [0.2, 0.25) is 0 Å². The lowest BCUT2D eigenvalue weighted by atomic mass is 10.1. The molecule has 0 unspecified atom stereocenters. The van der Waals surface area contributed by atoms with Crippen molar-refractivity contribution in [2.45, 2.75) is 19.4 Å². The maximum Gasteiger partial charge on any atom is 0.278 e. The molecule has 8 nitrogen and oxygen atoms in total. The molecule has 144 valence electrons. The van der Waals surface area contributed by atoms with Crippen LogP contribution in [0.1, 0.15) is 12.0 Å². The van der Waals surface area contributed by atoms with Crippen molar-refractivity contribution in [2.24, 2.45) is 0 Å². The highest BCUT2D eigenvalue weighted by atomic mass is 16.2. The Morgan fingerprint density at radius 1 is 0.929 bits per heavy atom. The second-order valence-electron chi connectivity index (χ2n) is 6.29. The molecule has 0 fully saturated rings. The second-order valence-corrected chi connectivity index (χ2v) is 6.29. The molecule has 3 aromatic rings. The molecule has 0 saturated heterocycles. The third-order valence-electron chi connectivity index (χ3n) is 4.18. The van der Waals surface area contributed by atoms with Crippen molar-refractivity contribution < 1.29 is 9.59 Å². The van der Waals surface area contributed by atoms with E-state index < -0.39 is 11.5 Å². The molecule has 0 radical (unpaired) electrons. The van der Waals surface area contributed by atoms with E-state index in [1.165, 1.54) is 5.56 Å². The van der Waals surface area contributed by atoms with Crippen LogP contribution in [0.5, 0.6) is 0 Å². The summed E-state index contributed by atoms with van der Waals surface area (Å²) in [4.78, 5) is 36.1. The van der Waals surface area contributed by atoms with E-state index in [9.17, 15) is 14.4 Å². The fourth-order valence-corrected chi connectivity index (χ4v) is 2.73. The van der Waals surface area contributed by atoms with Crippen LogP contribution in [0.25, 0.3) is 10.9 Å². The zero-order valence-electron chi connectivity index (χ0n) is 15.3. The zero-order valence-corrected chi connectivity index (χ0v) is 15.3. The van der Waals surface area contributed by atoms with Gasteiger partial charge < -0.3 is 10.6 Å². The molecule has 3 rings (SSSR count). The standard InChI is InChI=1S/C20H21N5O3/c26-18(21-12-6-9-15-7-2-1-3-8-15)13-22-19(27)14-25-20(28)16-10-4-5-11-17(16)23-24-25/h1-5,7-8,10-11H,6,9,12-14H2,(H,21,26)(H,22,27). The Kier molecular flexibility index (Phi) is 6.46. The molecule has 0 atom stereocenters. The van der Waals surface area contributed by atoms with Gasteiger partial charge in [0, 0.05) is 6.54 Å². The van der Waals surface area contributed by atoms with E-state index in [2.05, 4.69) is 20.9 Å². The van der Waals surface area contributed by atoms with Gasteiger partial charge in [-0.3, -0.25) is 14.4 Å². The van der Waals surface area contributed by atoms with Crippen molar-refractivity contribution in [3.63, 3.8) is 0 Å². The first-order valence-corrected chi connectivity index (χ1v) is 9.03. The molecule has 8 heteroatoms. The number of aryl methyl sites for hydroxylation is 1. The third-order valence-corrected chi connectivity index (χ3v) is 4.18. The smallest absolute Gasteiger partial charge is 0.278 e. The Hall–Kier alpha value is -3.55. The summed E-state index contributed by atoms with van der Waals surface area (Å²) >= 11 is 0. The van der Waals surface area contributed by atoms with E-state index in [4.69, 9.17) is 0 Å². The predicted octanol–water partition coefficient (Wildman–Crippen LogP) is 0.657. The first-order valence-electron chi connectivity index (χ1n) is 9.03. The molecule has 0 bridgehead atoms. The van der Waals surface area contributed by atoms with Gasteiger partial charge in [0.25, 0.3) is 5.56 Å². The third kappa shape index (κ3) is 5.23. The second kappa shape index (κ2) is 9.40. The number of nitrogens with zero attached hydrogens (tertiary/aromatic N) is 3.